The average molecular weight is 351 g/mol. The lowest BCUT2D eigenvalue weighted by molar-refractivity contribution is -0.132. The fraction of sp³-hybridized carbons (Fsp3) is 0.467. The minimum atomic E-state index is -1.19. The van der Waals surface area contributed by atoms with E-state index in [1.807, 2.05) is 0 Å². The van der Waals surface area contributed by atoms with Crippen molar-refractivity contribution in [3.63, 3.8) is 0 Å². The Bertz CT molecular complexity index is 567. The van der Waals surface area contributed by atoms with E-state index in [4.69, 9.17) is 5.73 Å². The van der Waals surface area contributed by atoms with Crippen LogP contribution in [0.15, 0.2) is 12.1 Å². The standard InChI is InChI=1S/C15H17F3N2O2.ClH/c16-10-7-11(17)14(12(18)8-10)15(22)9-2-5-20(6-3-9)13(21)1-4-19;/h7-9H,1-6,19H2;1H. The fourth-order valence-electron chi connectivity index (χ4n) is 2.65. The van der Waals surface area contributed by atoms with Crippen LogP contribution in [0.3, 0.4) is 0 Å². The number of carbonyl (C=O) groups is 2. The van der Waals surface area contributed by atoms with E-state index in [0.717, 1.165) is 0 Å². The number of nitrogens with zero attached hydrogens (tertiary/aromatic N) is 1. The first-order valence-corrected chi connectivity index (χ1v) is 7.10. The summed E-state index contributed by atoms with van der Waals surface area (Å²) in [6, 6.07) is 0.992. The molecule has 1 saturated heterocycles. The van der Waals surface area contributed by atoms with Crippen LogP contribution in [0.5, 0.6) is 0 Å². The maximum absolute atomic E-state index is 13.6. The lowest BCUT2D eigenvalue weighted by Crippen LogP contribution is -2.41. The van der Waals surface area contributed by atoms with Gasteiger partial charge in [0, 0.05) is 44.1 Å². The highest BCUT2D eigenvalue weighted by Gasteiger charge is 2.31. The third kappa shape index (κ3) is 4.45. The normalized spacial score (nSPS) is 15.2. The van der Waals surface area contributed by atoms with Gasteiger partial charge in [0.05, 0.1) is 5.56 Å². The van der Waals surface area contributed by atoms with Crippen LogP contribution in [0.4, 0.5) is 13.2 Å². The number of ketones is 1. The number of hydrogen-bond acceptors (Lipinski definition) is 3. The first kappa shape index (κ1) is 19.4. The molecule has 0 bridgehead atoms. The molecule has 0 unspecified atom stereocenters. The minimum Gasteiger partial charge on any atom is -0.343 e. The zero-order valence-corrected chi connectivity index (χ0v) is 13.2. The van der Waals surface area contributed by atoms with E-state index in [0.29, 0.717) is 38.1 Å². The molecule has 0 saturated carbocycles. The molecule has 2 N–H and O–H groups in total. The van der Waals surface area contributed by atoms with Crippen molar-refractivity contribution in [2.45, 2.75) is 19.3 Å². The molecule has 0 atom stereocenters. The van der Waals surface area contributed by atoms with Crippen LogP contribution in [0.2, 0.25) is 0 Å². The lowest BCUT2D eigenvalue weighted by Gasteiger charge is -2.31. The van der Waals surface area contributed by atoms with Crippen LogP contribution in [0.1, 0.15) is 29.6 Å². The molecule has 1 aromatic carbocycles. The molecule has 1 fully saturated rings. The van der Waals surface area contributed by atoms with Gasteiger partial charge < -0.3 is 10.6 Å². The van der Waals surface area contributed by atoms with Crippen molar-refractivity contribution in [2.24, 2.45) is 11.7 Å². The van der Waals surface area contributed by atoms with Gasteiger partial charge in [0.25, 0.3) is 0 Å². The Hall–Kier alpha value is -1.60. The Morgan fingerprint density at radius 2 is 1.65 bits per heavy atom. The minimum absolute atomic E-state index is 0. The number of halogens is 4. The van der Waals surface area contributed by atoms with Crippen LogP contribution in [0, 0.1) is 23.4 Å². The average Bonchev–Trinajstić information content (AvgIpc) is 2.46. The first-order valence-electron chi connectivity index (χ1n) is 7.10. The second kappa shape index (κ2) is 8.31. The molecule has 4 nitrogen and oxygen atoms in total. The SMILES string of the molecule is Cl.NCCC(=O)N1CCC(C(=O)c2c(F)cc(F)cc2F)CC1. The van der Waals surface area contributed by atoms with Crippen molar-refractivity contribution >= 4 is 24.1 Å². The Morgan fingerprint density at radius 1 is 1.13 bits per heavy atom. The van der Waals surface area contributed by atoms with Crippen LogP contribution >= 0.6 is 12.4 Å². The molecule has 0 aliphatic carbocycles. The third-order valence-electron chi connectivity index (χ3n) is 3.83. The van der Waals surface area contributed by atoms with Crippen molar-refractivity contribution in [2.75, 3.05) is 19.6 Å². The predicted molar refractivity (Wildman–Crippen MR) is 80.9 cm³/mol. The molecule has 23 heavy (non-hydrogen) atoms. The van der Waals surface area contributed by atoms with E-state index in [1.165, 1.54) is 0 Å². The molecule has 128 valence electrons. The Balaban J connectivity index is 0.00000264. The van der Waals surface area contributed by atoms with Gasteiger partial charge in [-0.1, -0.05) is 0 Å². The van der Waals surface area contributed by atoms with Crippen molar-refractivity contribution in [3.8, 4) is 0 Å². The molecule has 1 heterocycles. The van der Waals surface area contributed by atoms with Crippen molar-refractivity contribution in [1.29, 1.82) is 0 Å². The molecule has 8 heteroatoms. The number of rotatable bonds is 4. The number of hydrogen-bond donors (Lipinski definition) is 1. The summed E-state index contributed by atoms with van der Waals surface area (Å²) in [5.74, 6) is -4.79. The molecule has 1 amide bonds. The number of piperidine rings is 1. The quantitative estimate of drug-likeness (QED) is 0.847. The fourth-order valence-corrected chi connectivity index (χ4v) is 2.65. The highest BCUT2D eigenvalue weighted by Crippen LogP contribution is 2.25. The van der Waals surface area contributed by atoms with Gasteiger partial charge in [0.2, 0.25) is 5.91 Å². The van der Waals surface area contributed by atoms with E-state index in [-0.39, 0.29) is 31.3 Å². The molecule has 0 aromatic heterocycles. The molecule has 1 aromatic rings. The van der Waals surface area contributed by atoms with Gasteiger partial charge in [0.1, 0.15) is 17.5 Å². The molecule has 0 spiro atoms. The van der Waals surface area contributed by atoms with Crippen LogP contribution in [-0.4, -0.2) is 36.2 Å². The number of benzene rings is 1. The Kier molecular flexibility index (Phi) is 7.02. The van der Waals surface area contributed by atoms with Crippen LogP contribution in [0.25, 0.3) is 0 Å². The van der Waals surface area contributed by atoms with Crippen LogP contribution < -0.4 is 5.73 Å². The summed E-state index contributed by atoms with van der Waals surface area (Å²) in [7, 11) is 0. The summed E-state index contributed by atoms with van der Waals surface area (Å²) in [4.78, 5) is 25.5. The van der Waals surface area contributed by atoms with E-state index in [9.17, 15) is 22.8 Å². The maximum atomic E-state index is 13.6. The van der Waals surface area contributed by atoms with Crippen molar-refractivity contribution < 1.29 is 22.8 Å². The lowest BCUT2D eigenvalue weighted by atomic mass is 9.88. The highest BCUT2D eigenvalue weighted by atomic mass is 35.5. The topological polar surface area (TPSA) is 63.4 Å². The second-order valence-corrected chi connectivity index (χ2v) is 5.30. The zero-order chi connectivity index (χ0) is 16.3. The Labute approximate surface area is 138 Å². The van der Waals surface area contributed by atoms with Gasteiger partial charge in [0.15, 0.2) is 5.78 Å². The monoisotopic (exact) mass is 350 g/mol. The van der Waals surface area contributed by atoms with Gasteiger partial charge in [-0.15, -0.1) is 12.4 Å². The summed E-state index contributed by atoms with van der Waals surface area (Å²) in [6.07, 6.45) is 0.886. The third-order valence-corrected chi connectivity index (χ3v) is 3.83. The van der Waals surface area contributed by atoms with Gasteiger partial charge in [-0.05, 0) is 12.8 Å². The highest BCUT2D eigenvalue weighted by molar-refractivity contribution is 5.98. The smallest absolute Gasteiger partial charge is 0.223 e. The summed E-state index contributed by atoms with van der Waals surface area (Å²) in [5, 5.41) is 0. The summed E-state index contributed by atoms with van der Waals surface area (Å²) < 4.78 is 40.2. The second-order valence-electron chi connectivity index (χ2n) is 5.30. The number of nitrogens with two attached hydrogens (primary N) is 1. The predicted octanol–water partition coefficient (Wildman–Crippen LogP) is 2.30. The van der Waals surface area contributed by atoms with E-state index in [1.54, 1.807) is 4.90 Å². The summed E-state index contributed by atoms with van der Waals surface area (Å²) in [6.45, 7) is 0.947. The van der Waals surface area contributed by atoms with E-state index >= 15 is 0 Å². The number of likely N-dealkylation sites (tertiary alicyclic amines) is 1. The molecular weight excluding hydrogens is 333 g/mol. The summed E-state index contributed by atoms with van der Waals surface area (Å²) >= 11 is 0. The van der Waals surface area contributed by atoms with Gasteiger partial charge >= 0.3 is 0 Å². The first-order chi connectivity index (χ1) is 10.4. The molecule has 1 aliphatic rings. The number of carbonyl (C=O) groups excluding carboxylic acids is 2. The number of Topliss-reactive ketones (excluding diaryl/α,β-unsaturated/α-hetero) is 1. The van der Waals surface area contributed by atoms with Crippen LogP contribution in [-0.2, 0) is 4.79 Å². The van der Waals surface area contributed by atoms with Gasteiger partial charge in [-0.25, -0.2) is 13.2 Å². The molecule has 1 aliphatic heterocycles. The zero-order valence-electron chi connectivity index (χ0n) is 12.4. The van der Waals surface area contributed by atoms with Crippen molar-refractivity contribution in [1.82, 2.24) is 4.90 Å². The largest absolute Gasteiger partial charge is 0.343 e. The van der Waals surface area contributed by atoms with E-state index in [2.05, 4.69) is 0 Å². The summed E-state index contributed by atoms with van der Waals surface area (Å²) in [5.41, 5.74) is 4.62. The van der Waals surface area contributed by atoms with E-state index < -0.39 is 34.7 Å². The van der Waals surface area contributed by atoms with Gasteiger partial charge in [-0.2, -0.15) is 0 Å². The Morgan fingerprint density at radius 3 is 2.13 bits per heavy atom. The maximum Gasteiger partial charge on any atom is 0.223 e. The number of amides is 1. The molecule has 0 radical (unpaired) electrons. The molecule has 2 rings (SSSR count). The molecular formula is C15H18ClF3N2O2. The van der Waals surface area contributed by atoms with Crippen molar-refractivity contribution in [3.05, 3.63) is 35.1 Å². The van der Waals surface area contributed by atoms with Gasteiger partial charge in [-0.3, -0.25) is 9.59 Å².